The second-order valence-corrected chi connectivity index (χ2v) is 4.86. The molecule has 0 saturated heterocycles. The molecule has 6 heteroatoms. The van der Waals surface area contributed by atoms with Gasteiger partial charge in [-0.05, 0) is 23.8 Å². The maximum atomic E-state index is 13.0. The summed E-state index contributed by atoms with van der Waals surface area (Å²) < 4.78 is 18.2. The summed E-state index contributed by atoms with van der Waals surface area (Å²) in [5, 5.41) is 2.58. The normalized spacial score (nSPS) is 13.1. The summed E-state index contributed by atoms with van der Waals surface area (Å²) in [4.78, 5) is 23.4. The van der Waals surface area contributed by atoms with Crippen LogP contribution in [0.5, 0.6) is 5.75 Å². The van der Waals surface area contributed by atoms with E-state index < -0.39 is 11.7 Å². The lowest BCUT2D eigenvalue weighted by Gasteiger charge is -2.12. The number of carbonyl (C=O) groups is 2. The Morgan fingerprint density at radius 3 is 2.48 bits per heavy atom. The topological polar surface area (TPSA) is 55.4 Å². The number of hydrogen-bond donors (Lipinski definition) is 1. The van der Waals surface area contributed by atoms with Crippen LogP contribution in [0.4, 0.5) is 10.1 Å². The van der Waals surface area contributed by atoms with Crippen molar-refractivity contribution in [3.8, 4) is 16.9 Å². The number of benzene rings is 2. The van der Waals surface area contributed by atoms with Crippen LogP contribution in [-0.4, -0.2) is 18.8 Å². The lowest BCUT2D eigenvalue weighted by molar-refractivity contribution is -0.112. The van der Waals surface area contributed by atoms with Gasteiger partial charge < -0.3 is 10.1 Å². The molecule has 1 aliphatic rings. The van der Waals surface area contributed by atoms with Crippen molar-refractivity contribution < 1.29 is 18.7 Å². The highest BCUT2D eigenvalue weighted by molar-refractivity contribution is 6.55. The number of anilines is 1. The van der Waals surface area contributed by atoms with Gasteiger partial charge in [0.2, 0.25) is 0 Å². The minimum Gasteiger partial charge on any atom is -0.495 e. The molecule has 106 valence electrons. The van der Waals surface area contributed by atoms with E-state index in [4.69, 9.17) is 16.3 Å². The first-order valence-corrected chi connectivity index (χ1v) is 6.43. The van der Waals surface area contributed by atoms with Gasteiger partial charge in [-0.15, -0.1) is 0 Å². The second kappa shape index (κ2) is 4.86. The fourth-order valence-corrected chi connectivity index (χ4v) is 2.60. The van der Waals surface area contributed by atoms with Crippen molar-refractivity contribution in [1.29, 1.82) is 0 Å². The maximum absolute atomic E-state index is 13.0. The molecule has 0 atom stereocenters. The van der Waals surface area contributed by atoms with Crippen molar-refractivity contribution >= 4 is 29.0 Å². The van der Waals surface area contributed by atoms with Crippen molar-refractivity contribution in [3.63, 3.8) is 0 Å². The van der Waals surface area contributed by atoms with Crippen molar-refractivity contribution in [2.45, 2.75) is 0 Å². The van der Waals surface area contributed by atoms with Crippen LogP contribution in [0, 0.1) is 5.82 Å². The summed E-state index contributed by atoms with van der Waals surface area (Å²) in [5.41, 5.74) is 1.47. The molecule has 0 spiro atoms. The lowest BCUT2D eigenvalue weighted by atomic mass is 10.00. The van der Waals surface area contributed by atoms with Crippen LogP contribution in [0.15, 0.2) is 30.3 Å². The first-order chi connectivity index (χ1) is 10.0. The molecule has 0 bridgehead atoms. The van der Waals surface area contributed by atoms with Gasteiger partial charge in [0.25, 0.3) is 11.7 Å². The number of ketones is 1. The summed E-state index contributed by atoms with van der Waals surface area (Å²) in [6.45, 7) is 0. The molecule has 0 aromatic heterocycles. The standard InChI is InChI=1S/C15H9ClFNO3/c1-21-10-6-9(7-2-4-8(17)5-3-7)12(16)11-13(10)18-15(20)14(11)19/h2-6H,1H3,(H,18,19,20). The largest absolute Gasteiger partial charge is 0.495 e. The van der Waals surface area contributed by atoms with Gasteiger partial charge in [-0.2, -0.15) is 0 Å². The smallest absolute Gasteiger partial charge is 0.297 e. The Kier molecular flexibility index (Phi) is 3.14. The van der Waals surface area contributed by atoms with Crippen LogP contribution in [-0.2, 0) is 4.79 Å². The molecule has 0 radical (unpaired) electrons. The van der Waals surface area contributed by atoms with Gasteiger partial charge in [0.15, 0.2) is 0 Å². The number of amides is 1. The van der Waals surface area contributed by atoms with Gasteiger partial charge in [0, 0.05) is 5.56 Å². The van der Waals surface area contributed by atoms with Crippen LogP contribution in [0.1, 0.15) is 10.4 Å². The van der Waals surface area contributed by atoms with Gasteiger partial charge in [-0.25, -0.2) is 4.39 Å². The van der Waals surface area contributed by atoms with Crippen LogP contribution in [0.3, 0.4) is 0 Å². The number of carbonyl (C=O) groups excluding carboxylic acids is 2. The Morgan fingerprint density at radius 1 is 1.19 bits per heavy atom. The fourth-order valence-electron chi connectivity index (χ4n) is 2.26. The molecule has 0 saturated carbocycles. The van der Waals surface area contributed by atoms with E-state index in [1.165, 1.54) is 31.4 Å². The quantitative estimate of drug-likeness (QED) is 0.866. The Morgan fingerprint density at radius 2 is 1.86 bits per heavy atom. The van der Waals surface area contributed by atoms with E-state index in [2.05, 4.69) is 5.32 Å². The summed E-state index contributed by atoms with van der Waals surface area (Å²) in [6.07, 6.45) is 0. The Balaban J connectivity index is 2.27. The highest BCUT2D eigenvalue weighted by Crippen LogP contribution is 2.44. The second-order valence-electron chi connectivity index (χ2n) is 4.48. The molecule has 1 heterocycles. The molecule has 4 nitrogen and oxygen atoms in total. The lowest BCUT2D eigenvalue weighted by Crippen LogP contribution is -2.12. The predicted octanol–water partition coefficient (Wildman–Crippen LogP) is 3.29. The molecule has 0 fully saturated rings. The first kappa shape index (κ1) is 13.6. The monoisotopic (exact) mass is 305 g/mol. The summed E-state index contributed by atoms with van der Waals surface area (Å²) in [5.74, 6) is -1.51. The average Bonchev–Trinajstić information content (AvgIpc) is 2.77. The number of fused-ring (bicyclic) bond motifs is 1. The first-order valence-electron chi connectivity index (χ1n) is 6.05. The van der Waals surface area contributed by atoms with Gasteiger partial charge in [0.05, 0.1) is 23.4 Å². The Bertz CT molecular complexity index is 771. The highest BCUT2D eigenvalue weighted by atomic mass is 35.5. The summed E-state index contributed by atoms with van der Waals surface area (Å²) in [6, 6.07) is 7.26. The molecule has 1 amide bonds. The van der Waals surface area contributed by atoms with E-state index in [1.54, 1.807) is 6.07 Å². The SMILES string of the molecule is COc1cc(-c2ccc(F)cc2)c(Cl)c2c1NC(=O)C2=O. The van der Waals surface area contributed by atoms with Crippen LogP contribution in [0.2, 0.25) is 5.02 Å². The highest BCUT2D eigenvalue weighted by Gasteiger charge is 2.34. The van der Waals surface area contributed by atoms with Gasteiger partial charge in [0.1, 0.15) is 11.6 Å². The zero-order valence-corrected chi connectivity index (χ0v) is 11.6. The number of hydrogen-bond acceptors (Lipinski definition) is 3. The van der Waals surface area contributed by atoms with E-state index in [-0.39, 0.29) is 22.1 Å². The van der Waals surface area contributed by atoms with E-state index in [0.29, 0.717) is 16.9 Å². The van der Waals surface area contributed by atoms with Crippen molar-refractivity contribution in [3.05, 3.63) is 46.7 Å². The number of ether oxygens (including phenoxy) is 1. The van der Waals surface area contributed by atoms with E-state index >= 15 is 0 Å². The number of halogens is 2. The van der Waals surface area contributed by atoms with Crippen molar-refractivity contribution in [2.75, 3.05) is 12.4 Å². The molecular weight excluding hydrogens is 297 g/mol. The van der Waals surface area contributed by atoms with Gasteiger partial charge >= 0.3 is 0 Å². The number of rotatable bonds is 2. The van der Waals surface area contributed by atoms with Gasteiger partial charge in [-0.1, -0.05) is 23.7 Å². The molecule has 2 aromatic rings. The maximum Gasteiger partial charge on any atom is 0.297 e. The van der Waals surface area contributed by atoms with Gasteiger partial charge in [-0.3, -0.25) is 9.59 Å². The van der Waals surface area contributed by atoms with Crippen LogP contribution < -0.4 is 10.1 Å². The van der Waals surface area contributed by atoms with Crippen LogP contribution >= 0.6 is 11.6 Å². The molecule has 21 heavy (non-hydrogen) atoms. The third-order valence-corrected chi connectivity index (χ3v) is 3.67. The molecule has 3 rings (SSSR count). The van der Waals surface area contributed by atoms with E-state index in [1.807, 2.05) is 0 Å². The van der Waals surface area contributed by atoms with E-state index in [0.717, 1.165) is 0 Å². The number of methoxy groups -OCH3 is 1. The fraction of sp³-hybridized carbons (Fsp3) is 0.0667. The summed E-state index contributed by atoms with van der Waals surface area (Å²) >= 11 is 6.26. The number of Topliss-reactive ketones (excluding diaryl/α,β-unsaturated/α-hetero) is 1. The zero-order chi connectivity index (χ0) is 15.1. The zero-order valence-electron chi connectivity index (χ0n) is 10.9. The van der Waals surface area contributed by atoms with Crippen molar-refractivity contribution in [2.24, 2.45) is 0 Å². The molecular formula is C15H9ClFNO3. The third-order valence-electron chi connectivity index (χ3n) is 3.27. The van der Waals surface area contributed by atoms with Crippen molar-refractivity contribution in [1.82, 2.24) is 0 Å². The third kappa shape index (κ3) is 2.06. The predicted molar refractivity (Wildman–Crippen MR) is 76.4 cm³/mol. The summed E-state index contributed by atoms with van der Waals surface area (Å²) in [7, 11) is 1.42. The molecule has 0 unspecified atom stereocenters. The minimum absolute atomic E-state index is 0.0836. The van der Waals surface area contributed by atoms with Crippen LogP contribution in [0.25, 0.3) is 11.1 Å². The number of nitrogens with one attached hydrogen (secondary N) is 1. The minimum atomic E-state index is -0.749. The average molecular weight is 306 g/mol. The molecule has 1 aliphatic heterocycles. The Hall–Kier alpha value is -2.40. The molecule has 0 aliphatic carbocycles. The Labute approximate surface area is 124 Å². The molecule has 1 N–H and O–H groups in total. The molecule has 2 aromatic carbocycles. The van der Waals surface area contributed by atoms with E-state index in [9.17, 15) is 14.0 Å².